The standard InChI is InChI=1S/C4H9N3/c5-4(6)7-3-1-2-3/h3H,1-2H2,(H4,5,6,7)/p+1. The lowest BCUT2D eigenvalue weighted by Crippen LogP contribution is -2.79. The first-order valence-electron chi connectivity index (χ1n) is 2.43. The highest BCUT2D eigenvalue weighted by atomic mass is 15.0. The third-order valence-electron chi connectivity index (χ3n) is 0.948. The van der Waals surface area contributed by atoms with E-state index in [2.05, 4.69) is 4.99 Å². The van der Waals surface area contributed by atoms with Crippen LogP contribution in [0.25, 0.3) is 0 Å². The van der Waals surface area contributed by atoms with Crippen molar-refractivity contribution in [3.05, 3.63) is 0 Å². The maximum Gasteiger partial charge on any atom is 0.338 e. The molecular weight excluding hydrogens is 90.1 g/mol. The molecule has 40 valence electrons. The van der Waals surface area contributed by atoms with Crippen LogP contribution in [0.1, 0.15) is 12.8 Å². The predicted molar refractivity (Wildman–Crippen MR) is 27.4 cm³/mol. The van der Waals surface area contributed by atoms with Crippen molar-refractivity contribution >= 4 is 5.96 Å². The Labute approximate surface area is 42.4 Å². The monoisotopic (exact) mass is 100 g/mol. The largest absolute Gasteiger partial charge is 0.338 e. The number of hydrogen-bond donors (Lipinski definition) is 3. The Morgan fingerprint density at radius 3 is 2.14 bits per heavy atom. The molecular formula is C4H10N3+. The highest BCUT2D eigenvalue weighted by Crippen LogP contribution is 2.12. The molecule has 1 rings (SSSR count). The molecule has 7 heavy (non-hydrogen) atoms. The molecule has 0 heterocycles. The minimum absolute atomic E-state index is 0.350. The Kier molecular flexibility index (Phi) is 0.889. The summed E-state index contributed by atoms with van der Waals surface area (Å²) in [5.41, 5.74) is 10.2. The minimum atomic E-state index is 0.350. The van der Waals surface area contributed by atoms with Gasteiger partial charge in [-0.3, -0.25) is 16.5 Å². The first-order chi connectivity index (χ1) is 3.29. The molecule has 0 aliphatic heterocycles. The molecule has 0 radical (unpaired) electrons. The van der Waals surface area contributed by atoms with Crippen LogP contribution in [0.4, 0.5) is 0 Å². The molecule has 5 N–H and O–H groups in total. The van der Waals surface area contributed by atoms with Gasteiger partial charge in [0.1, 0.15) is 0 Å². The summed E-state index contributed by atoms with van der Waals surface area (Å²) in [5, 5.41) is 0. The summed E-state index contributed by atoms with van der Waals surface area (Å²) < 4.78 is 0. The number of nitrogens with two attached hydrogens (primary N) is 2. The van der Waals surface area contributed by atoms with Crippen LogP contribution in [-0.2, 0) is 0 Å². The van der Waals surface area contributed by atoms with Crippen molar-refractivity contribution in [2.24, 2.45) is 11.5 Å². The maximum atomic E-state index is 5.12. The lowest BCUT2D eigenvalue weighted by molar-refractivity contribution is -0.475. The molecule has 3 nitrogen and oxygen atoms in total. The van der Waals surface area contributed by atoms with Crippen molar-refractivity contribution < 1.29 is 4.99 Å². The first-order valence-corrected chi connectivity index (χ1v) is 2.43. The minimum Gasteiger partial charge on any atom is -0.291 e. The van der Waals surface area contributed by atoms with E-state index in [0.717, 1.165) is 0 Å². The van der Waals surface area contributed by atoms with Gasteiger partial charge in [0.2, 0.25) is 0 Å². The molecule has 3 heteroatoms. The van der Waals surface area contributed by atoms with E-state index >= 15 is 0 Å². The fraction of sp³-hybridized carbons (Fsp3) is 0.750. The third-order valence-corrected chi connectivity index (χ3v) is 0.948. The summed E-state index contributed by atoms with van der Waals surface area (Å²) in [5.74, 6) is 0.350. The first kappa shape index (κ1) is 4.43. The molecule has 1 fully saturated rings. The average Bonchev–Trinajstić information content (AvgIpc) is 2.17. The zero-order valence-electron chi connectivity index (χ0n) is 4.15. The van der Waals surface area contributed by atoms with Crippen LogP contribution in [0, 0.1) is 0 Å². The lowest BCUT2D eigenvalue weighted by Gasteiger charge is -1.79. The highest BCUT2D eigenvalue weighted by Gasteiger charge is 2.21. The number of hydrogen-bond acceptors (Lipinski definition) is 0. The van der Waals surface area contributed by atoms with Gasteiger partial charge in [0.05, 0.1) is 6.04 Å². The highest BCUT2D eigenvalue weighted by molar-refractivity contribution is 5.69. The third kappa shape index (κ3) is 1.43. The van der Waals surface area contributed by atoms with Crippen molar-refractivity contribution in [2.45, 2.75) is 18.9 Å². The van der Waals surface area contributed by atoms with E-state index in [1.807, 2.05) is 0 Å². The van der Waals surface area contributed by atoms with E-state index in [0.29, 0.717) is 12.0 Å². The Morgan fingerprint density at radius 1 is 1.43 bits per heavy atom. The topological polar surface area (TPSA) is 66.0 Å². The second-order valence-corrected chi connectivity index (χ2v) is 1.87. The molecule has 0 unspecified atom stereocenters. The van der Waals surface area contributed by atoms with Gasteiger partial charge in [0.15, 0.2) is 0 Å². The SMILES string of the molecule is NC(N)=[NH+]C1CC1. The van der Waals surface area contributed by atoms with E-state index < -0.39 is 0 Å². The second-order valence-electron chi connectivity index (χ2n) is 1.87. The molecule has 0 bridgehead atoms. The molecule has 1 saturated carbocycles. The van der Waals surface area contributed by atoms with Crippen LogP contribution >= 0.6 is 0 Å². The molecule has 0 saturated heterocycles. The Balaban J connectivity index is 2.29. The zero-order valence-corrected chi connectivity index (χ0v) is 4.15. The lowest BCUT2D eigenvalue weighted by atomic mass is 10.7. The van der Waals surface area contributed by atoms with E-state index in [1.165, 1.54) is 12.8 Å². The van der Waals surface area contributed by atoms with Crippen LogP contribution < -0.4 is 16.5 Å². The molecule has 0 atom stereocenters. The van der Waals surface area contributed by atoms with E-state index in [9.17, 15) is 0 Å². The van der Waals surface area contributed by atoms with Gasteiger partial charge in [-0.15, -0.1) is 0 Å². The van der Waals surface area contributed by atoms with Gasteiger partial charge >= 0.3 is 5.96 Å². The summed E-state index contributed by atoms with van der Waals surface area (Å²) in [6.45, 7) is 0. The van der Waals surface area contributed by atoms with Crippen LogP contribution in [-0.4, -0.2) is 12.0 Å². The summed E-state index contributed by atoms with van der Waals surface area (Å²) in [6.07, 6.45) is 2.44. The van der Waals surface area contributed by atoms with E-state index in [4.69, 9.17) is 11.5 Å². The zero-order chi connectivity index (χ0) is 5.28. The normalized spacial score (nSPS) is 18.9. The quantitative estimate of drug-likeness (QED) is 0.252. The molecule has 0 amide bonds. The van der Waals surface area contributed by atoms with E-state index in [-0.39, 0.29) is 0 Å². The van der Waals surface area contributed by atoms with Crippen LogP contribution in [0.15, 0.2) is 0 Å². The molecule has 0 spiro atoms. The van der Waals surface area contributed by atoms with Gasteiger partial charge < -0.3 is 0 Å². The maximum absolute atomic E-state index is 5.12. The van der Waals surface area contributed by atoms with E-state index in [1.54, 1.807) is 0 Å². The number of rotatable bonds is 1. The molecule has 0 aromatic rings. The fourth-order valence-corrected chi connectivity index (χ4v) is 0.463. The number of guanidine groups is 1. The molecule has 1 aliphatic carbocycles. The van der Waals surface area contributed by atoms with Gasteiger partial charge in [-0.1, -0.05) is 0 Å². The Bertz CT molecular complexity index is 89.1. The van der Waals surface area contributed by atoms with Crippen LogP contribution in [0.2, 0.25) is 0 Å². The molecule has 0 aromatic carbocycles. The summed E-state index contributed by atoms with van der Waals surface area (Å²) in [7, 11) is 0. The van der Waals surface area contributed by atoms with Crippen molar-refractivity contribution in [3.8, 4) is 0 Å². The van der Waals surface area contributed by atoms with Crippen molar-refractivity contribution in [3.63, 3.8) is 0 Å². The van der Waals surface area contributed by atoms with Gasteiger partial charge in [-0.2, -0.15) is 0 Å². The summed E-state index contributed by atoms with van der Waals surface area (Å²) >= 11 is 0. The second kappa shape index (κ2) is 1.40. The van der Waals surface area contributed by atoms with Crippen molar-refractivity contribution in [1.82, 2.24) is 0 Å². The smallest absolute Gasteiger partial charge is 0.291 e. The van der Waals surface area contributed by atoms with Gasteiger partial charge in [-0.05, 0) is 12.8 Å². The van der Waals surface area contributed by atoms with Crippen LogP contribution in [0.3, 0.4) is 0 Å². The molecule has 1 aliphatic rings. The Hall–Kier alpha value is -0.730. The Morgan fingerprint density at radius 2 is 2.00 bits per heavy atom. The predicted octanol–water partition coefficient (Wildman–Crippen LogP) is -2.50. The van der Waals surface area contributed by atoms with Crippen molar-refractivity contribution in [2.75, 3.05) is 0 Å². The molecule has 0 aromatic heterocycles. The summed E-state index contributed by atoms with van der Waals surface area (Å²) in [4.78, 5) is 2.89. The van der Waals surface area contributed by atoms with Gasteiger partial charge in [0, 0.05) is 0 Å². The van der Waals surface area contributed by atoms with Crippen LogP contribution in [0.5, 0.6) is 0 Å². The fourth-order valence-electron chi connectivity index (χ4n) is 0.463. The number of nitrogens with one attached hydrogen (secondary N) is 1. The average molecular weight is 100 g/mol. The van der Waals surface area contributed by atoms with Crippen molar-refractivity contribution in [1.29, 1.82) is 0 Å². The van der Waals surface area contributed by atoms with Gasteiger partial charge in [-0.25, -0.2) is 0 Å². The van der Waals surface area contributed by atoms with Gasteiger partial charge in [0.25, 0.3) is 0 Å². The summed E-state index contributed by atoms with van der Waals surface area (Å²) in [6, 6.07) is 0.588.